The molecule has 5 unspecified atom stereocenters. The molecule has 0 aliphatic heterocycles. The first-order valence-corrected chi connectivity index (χ1v) is 21.1. The smallest absolute Gasteiger partial charge is 0.406 e. The van der Waals surface area contributed by atoms with Crippen LogP contribution in [-0.4, -0.2) is 51.5 Å². The van der Waals surface area contributed by atoms with Crippen molar-refractivity contribution in [2.45, 2.75) is 102 Å². The second-order valence-electron chi connectivity index (χ2n) is 16.6. The van der Waals surface area contributed by atoms with Gasteiger partial charge in [-0.15, -0.1) is 24.5 Å². The number of hydrogen-bond acceptors (Lipinski definition) is 6. The Balaban J connectivity index is 1.27. The van der Waals surface area contributed by atoms with Crippen LogP contribution in [0.2, 0.25) is 0 Å². The molecule has 0 radical (unpaired) electrons. The summed E-state index contributed by atoms with van der Waals surface area (Å²) in [4.78, 5) is 31.2. The third kappa shape index (κ3) is 9.59. The van der Waals surface area contributed by atoms with E-state index in [0.717, 1.165) is 32.3 Å². The molecule has 0 spiro atoms. The van der Waals surface area contributed by atoms with E-state index in [2.05, 4.69) is 30.0 Å². The summed E-state index contributed by atoms with van der Waals surface area (Å²) in [6.07, 6.45) is 0.493. The summed E-state index contributed by atoms with van der Waals surface area (Å²) in [7, 11) is 0. The van der Waals surface area contributed by atoms with Crippen LogP contribution < -0.4 is 10.1 Å². The minimum absolute atomic E-state index is 0.00834. The van der Waals surface area contributed by atoms with Crippen molar-refractivity contribution in [2.75, 3.05) is 6.54 Å². The van der Waals surface area contributed by atoms with Crippen molar-refractivity contribution < 1.29 is 37.7 Å². The second-order valence-corrected chi connectivity index (χ2v) is 17.6. The zero-order valence-electron chi connectivity index (χ0n) is 33.6. The fourth-order valence-corrected chi connectivity index (χ4v) is 10.1. The normalized spacial score (nSPS) is 22.9. The largest absolute Gasteiger partial charge is 0.573 e. The number of hydrogen-bond donors (Lipinski definition) is 3. The van der Waals surface area contributed by atoms with Gasteiger partial charge in [-0.3, -0.25) is 4.79 Å². The van der Waals surface area contributed by atoms with Gasteiger partial charge in [0.25, 0.3) is 0 Å². The molecule has 8 rings (SSSR count). The molecule has 310 valence electrons. The Bertz CT molecular complexity index is 2280. The quantitative estimate of drug-likeness (QED) is 0.102. The van der Waals surface area contributed by atoms with Gasteiger partial charge in [0, 0.05) is 22.2 Å². The molecular formula is C48H51F3N2O5S. The number of ether oxygens (including phenoxy) is 1. The van der Waals surface area contributed by atoms with Crippen LogP contribution in [0.1, 0.15) is 109 Å². The molecule has 1 aromatic heterocycles. The first-order chi connectivity index (χ1) is 28.1. The number of aliphatic hydroxyl groups excluding tert-OH is 1. The first kappa shape index (κ1) is 42.2. The van der Waals surface area contributed by atoms with Gasteiger partial charge in [-0.1, -0.05) is 91.4 Å². The van der Waals surface area contributed by atoms with Gasteiger partial charge >= 0.3 is 12.4 Å². The van der Waals surface area contributed by atoms with Gasteiger partial charge in [0.15, 0.2) is 0 Å². The maximum Gasteiger partial charge on any atom is 0.573 e. The fourth-order valence-electron chi connectivity index (χ4n) is 9.06. The lowest BCUT2D eigenvalue weighted by molar-refractivity contribution is -0.274. The summed E-state index contributed by atoms with van der Waals surface area (Å²) in [6, 6.07) is 29.9. The molecule has 11 heteroatoms. The third-order valence-corrected chi connectivity index (χ3v) is 13.6. The number of nitrogens with zero attached hydrogens (tertiary/aromatic N) is 1. The number of aliphatic hydroxyl groups is 2. The van der Waals surface area contributed by atoms with E-state index in [4.69, 9.17) is 0 Å². The van der Waals surface area contributed by atoms with Crippen molar-refractivity contribution in [3.8, 4) is 5.75 Å². The van der Waals surface area contributed by atoms with Crippen LogP contribution in [0, 0.1) is 5.41 Å². The van der Waals surface area contributed by atoms with Crippen LogP contribution in [0.25, 0.3) is 10.1 Å². The molecule has 4 aromatic carbocycles. The molecule has 5 aromatic rings. The van der Waals surface area contributed by atoms with Crippen LogP contribution in [-0.2, 0) is 13.0 Å². The van der Waals surface area contributed by atoms with Crippen LogP contribution in [0.5, 0.6) is 5.75 Å². The van der Waals surface area contributed by atoms with Crippen LogP contribution in [0.3, 0.4) is 0 Å². The number of carbonyl (C=O) groups excluding carboxylic acids is 2. The molecule has 2 amide bonds. The van der Waals surface area contributed by atoms with Gasteiger partial charge in [-0.05, 0) is 123 Å². The first-order valence-electron chi connectivity index (χ1n) is 20.3. The van der Waals surface area contributed by atoms with Gasteiger partial charge in [0.2, 0.25) is 5.78 Å². The number of urea groups is 1. The summed E-state index contributed by atoms with van der Waals surface area (Å²) in [5.74, 6) is -0.750. The topological polar surface area (TPSA) is 99.1 Å². The number of nitrogens with one attached hydrogen (secondary N) is 1. The van der Waals surface area contributed by atoms with Crippen LogP contribution in [0.15, 0.2) is 115 Å². The highest BCUT2D eigenvalue weighted by molar-refractivity contribution is 7.21. The van der Waals surface area contributed by atoms with Gasteiger partial charge in [-0.2, -0.15) is 0 Å². The number of carbonyl (C=O) groups is 2. The molecule has 1 saturated carbocycles. The Morgan fingerprint density at radius 3 is 2.42 bits per heavy atom. The lowest BCUT2D eigenvalue weighted by atomic mass is 9.64. The summed E-state index contributed by atoms with van der Waals surface area (Å²) in [5, 5.41) is 28.3. The fraction of sp³-hybridized carbons (Fsp3) is 0.375. The molecule has 1 fully saturated rings. The zero-order valence-corrected chi connectivity index (χ0v) is 34.4. The number of fused-ring (bicyclic) bond motifs is 9. The third-order valence-electron chi connectivity index (χ3n) is 12.5. The average Bonchev–Trinajstić information content (AvgIpc) is 3.75. The van der Waals surface area contributed by atoms with Crippen molar-refractivity contribution in [2.24, 2.45) is 5.41 Å². The lowest BCUT2D eigenvalue weighted by Gasteiger charge is -2.46. The molecule has 59 heavy (non-hydrogen) atoms. The van der Waals surface area contributed by atoms with Crippen molar-refractivity contribution in [3.63, 3.8) is 0 Å². The molecule has 2 bridgehead atoms. The molecular weight excluding hydrogens is 774 g/mol. The van der Waals surface area contributed by atoms with E-state index in [1.54, 1.807) is 4.90 Å². The van der Waals surface area contributed by atoms with E-state index >= 15 is 0 Å². The summed E-state index contributed by atoms with van der Waals surface area (Å²) in [5.41, 5.74) is 2.57. The Labute approximate surface area is 347 Å². The Hall–Kier alpha value is -4.97. The van der Waals surface area contributed by atoms with Gasteiger partial charge in [-0.25, -0.2) is 4.79 Å². The van der Waals surface area contributed by atoms with Gasteiger partial charge in [0.1, 0.15) is 5.75 Å². The molecule has 3 N–H and O–H groups in total. The molecule has 0 saturated heterocycles. The van der Waals surface area contributed by atoms with E-state index in [1.165, 1.54) is 35.6 Å². The van der Waals surface area contributed by atoms with Crippen LogP contribution in [0.4, 0.5) is 18.0 Å². The number of amides is 2. The van der Waals surface area contributed by atoms with Gasteiger partial charge < -0.3 is 25.2 Å². The van der Waals surface area contributed by atoms with Crippen molar-refractivity contribution >= 4 is 33.2 Å². The molecule has 1 heterocycles. The molecule has 3 aliphatic rings. The predicted octanol–water partition coefficient (Wildman–Crippen LogP) is 11.0. The monoisotopic (exact) mass is 824 g/mol. The second kappa shape index (κ2) is 17.3. The Kier molecular flexibility index (Phi) is 12.4. The van der Waals surface area contributed by atoms with E-state index in [0.29, 0.717) is 60.9 Å². The summed E-state index contributed by atoms with van der Waals surface area (Å²) >= 11 is 1.45. The van der Waals surface area contributed by atoms with E-state index in [9.17, 15) is 33.0 Å². The summed E-state index contributed by atoms with van der Waals surface area (Å²) in [6.45, 7) is 5.94. The maximum absolute atomic E-state index is 14.7. The van der Waals surface area contributed by atoms with Crippen molar-refractivity contribution in [1.29, 1.82) is 0 Å². The number of ketones is 1. The van der Waals surface area contributed by atoms with E-state index < -0.39 is 29.5 Å². The molecule has 7 nitrogen and oxygen atoms in total. The zero-order chi connectivity index (χ0) is 42.0. The number of thiophene rings is 1. The van der Waals surface area contributed by atoms with E-state index in [1.807, 2.05) is 85.8 Å². The van der Waals surface area contributed by atoms with Crippen molar-refractivity contribution in [1.82, 2.24) is 10.2 Å². The molecule has 5 atom stereocenters. The van der Waals surface area contributed by atoms with Crippen LogP contribution >= 0.6 is 11.3 Å². The predicted molar refractivity (Wildman–Crippen MR) is 226 cm³/mol. The number of allylic oxidation sites excluding steroid dienone is 2. The molecule has 3 aliphatic carbocycles. The minimum atomic E-state index is -4.84. The van der Waals surface area contributed by atoms with Crippen molar-refractivity contribution in [3.05, 3.63) is 147 Å². The Morgan fingerprint density at radius 2 is 1.69 bits per heavy atom. The maximum atomic E-state index is 14.7. The minimum Gasteiger partial charge on any atom is -0.406 e. The number of rotatable bonds is 9. The Morgan fingerprint density at radius 1 is 0.966 bits per heavy atom. The standard InChI is InChI=1S/C48H51F3N2O5S/c1-31-10-9-24-46(3)41(39-22-18-34(26-37(54)19-15-31)27-40(39)44(55)43-28-36-13-7-8-14-42(36)59-43)23-25-47(46,57)30-53(45(56)52-32(2)35-11-5-4-6-12-35)29-33-16-20-38(21-17-33)58-48(49,50)51/h4-8,10-14,16-18,20-22,27-28,32,37,41,54,57H,9,15,19,23-26,29-30H2,1-3H3,(H,52,56). The van der Waals surface area contributed by atoms with Gasteiger partial charge in [0.05, 0.1) is 29.2 Å². The van der Waals surface area contributed by atoms with E-state index in [-0.39, 0.29) is 36.6 Å². The highest BCUT2D eigenvalue weighted by Crippen LogP contribution is 2.59. The lowest BCUT2D eigenvalue weighted by Crippen LogP contribution is -2.55. The summed E-state index contributed by atoms with van der Waals surface area (Å²) < 4.78 is 44.1. The SMILES string of the molecule is CC1=CCCC2(C)C(CCC2(O)CN(Cc2ccc(OC(F)(F)F)cc2)C(=O)NC(C)c2ccccc2)c2ccc(cc2C(=O)c2cc3ccccc3s2)CC(O)CC1. The highest BCUT2D eigenvalue weighted by atomic mass is 32.1. The number of halogens is 3. The number of alkyl halides is 3. The number of benzene rings is 4. The highest BCUT2D eigenvalue weighted by Gasteiger charge is 2.57. The average molecular weight is 825 g/mol.